The van der Waals surface area contributed by atoms with Gasteiger partial charge in [-0.1, -0.05) is 17.7 Å². The summed E-state index contributed by atoms with van der Waals surface area (Å²) in [6.07, 6.45) is 1.29. The summed E-state index contributed by atoms with van der Waals surface area (Å²) in [5, 5.41) is 0.793. The first-order valence-electron chi connectivity index (χ1n) is 5.62. The van der Waals surface area contributed by atoms with Crippen LogP contribution in [0, 0.1) is 6.92 Å². The van der Waals surface area contributed by atoms with Gasteiger partial charge in [-0.15, -0.1) is 0 Å². The first-order chi connectivity index (χ1) is 7.58. The Kier molecular flexibility index (Phi) is 3.20. The summed E-state index contributed by atoms with van der Waals surface area (Å²) in [7, 11) is 0. The number of hydrogen-bond acceptors (Lipinski definition) is 2. The summed E-state index contributed by atoms with van der Waals surface area (Å²) in [4.78, 5) is 13.6. The largest absolute Gasteiger partial charge is 0.368 e. The molecule has 1 aliphatic heterocycles. The smallest absolute Gasteiger partial charge is 0.136 e. The van der Waals surface area contributed by atoms with E-state index in [0.717, 1.165) is 22.8 Å². The molecular formula is C13H16ClNO. The zero-order valence-corrected chi connectivity index (χ0v) is 10.4. The Hall–Kier alpha value is -1.02. The number of aryl methyl sites for hydroxylation is 1. The van der Waals surface area contributed by atoms with Crippen molar-refractivity contribution in [3.8, 4) is 0 Å². The van der Waals surface area contributed by atoms with E-state index in [1.54, 1.807) is 0 Å². The third kappa shape index (κ3) is 2.22. The lowest BCUT2D eigenvalue weighted by Gasteiger charge is -2.34. The van der Waals surface area contributed by atoms with Crippen LogP contribution < -0.4 is 4.90 Å². The molecule has 1 atom stereocenters. The second-order valence-electron chi connectivity index (χ2n) is 4.47. The number of carbonyl (C=O) groups is 1. The molecule has 0 amide bonds. The molecule has 1 unspecified atom stereocenters. The number of ketones is 1. The normalized spacial score (nSPS) is 21.3. The van der Waals surface area contributed by atoms with E-state index in [1.165, 1.54) is 0 Å². The molecule has 1 aromatic rings. The van der Waals surface area contributed by atoms with Crippen LogP contribution in [0.25, 0.3) is 0 Å². The van der Waals surface area contributed by atoms with Crippen molar-refractivity contribution in [2.45, 2.75) is 32.7 Å². The number of carbonyl (C=O) groups excluding carboxylic acids is 1. The summed E-state index contributed by atoms with van der Waals surface area (Å²) in [6, 6.07) is 6.37. The van der Waals surface area contributed by atoms with Crippen molar-refractivity contribution in [2.75, 3.05) is 11.4 Å². The van der Waals surface area contributed by atoms with Gasteiger partial charge in [-0.05, 0) is 31.5 Å². The molecule has 0 saturated carbocycles. The van der Waals surface area contributed by atoms with Gasteiger partial charge in [-0.3, -0.25) is 4.79 Å². The zero-order chi connectivity index (χ0) is 11.7. The van der Waals surface area contributed by atoms with Crippen molar-refractivity contribution in [2.24, 2.45) is 0 Å². The van der Waals surface area contributed by atoms with Crippen LogP contribution in [0.1, 0.15) is 25.3 Å². The van der Waals surface area contributed by atoms with E-state index >= 15 is 0 Å². The number of rotatable bonds is 1. The summed E-state index contributed by atoms with van der Waals surface area (Å²) in [6.45, 7) is 4.89. The van der Waals surface area contributed by atoms with Gasteiger partial charge in [0.2, 0.25) is 0 Å². The fourth-order valence-corrected chi connectivity index (χ4v) is 2.33. The van der Waals surface area contributed by atoms with E-state index in [9.17, 15) is 4.79 Å². The second-order valence-corrected chi connectivity index (χ2v) is 4.88. The molecule has 1 aromatic carbocycles. The molecule has 86 valence electrons. The number of anilines is 1. The molecule has 2 nitrogen and oxygen atoms in total. The maximum Gasteiger partial charge on any atom is 0.136 e. The highest BCUT2D eigenvalue weighted by atomic mass is 35.5. The van der Waals surface area contributed by atoms with Crippen LogP contribution in [0.3, 0.4) is 0 Å². The molecule has 0 N–H and O–H groups in total. The lowest BCUT2D eigenvalue weighted by atomic mass is 10.0. The summed E-state index contributed by atoms with van der Waals surface area (Å²) < 4.78 is 0. The fourth-order valence-electron chi connectivity index (χ4n) is 2.15. The molecule has 0 bridgehead atoms. The summed E-state index contributed by atoms with van der Waals surface area (Å²) in [5.74, 6) is 0.363. The van der Waals surface area contributed by atoms with Gasteiger partial charge in [0.05, 0.1) is 0 Å². The first kappa shape index (κ1) is 11.5. The Bertz CT molecular complexity index is 416. The van der Waals surface area contributed by atoms with Crippen LogP contribution in [0.5, 0.6) is 0 Å². The van der Waals surface area contributed by atoms with Crippen LogP contribution in [-0.4, -0.2) is 18.4 Å². The average molecular weight is 238 g/mol. The molecule has 1 fully saturated rings. The lowest BCUT2D eigenvalue weighted by Crippen LogP contribution is -2.41. The molecule has 1 saturated heterocycles. The maximum atomic E-state index is 11.3. The van der Waals surface area contributed by atoms with Crippen molar-refractivity contribution in [1.82, 2.24) is 0 Å². The molecule has 0 spiro atoms. The standard InChI is InChI=1S/C13H16ClNO/c1-9-3-4-11(8-13(9)14)15-6-5-12(16)7-10(15)2/h3-4,8,10H,5-7H2,1-2H3. The molecule has 3 heteroatoms. The van der Waals surface area contributed by atoms with E-state index in [0.29, 0.717) is 18.6 Å². The monoisotopic (exact) mass is 237 g/mol. The van der Waals surface area contributed by atoms with Crippen molar-refractivity contribution in [3.63, 3.8) is 0 Å². The Morgan fingerprint density at radius 1 is 1.44 bits per heavy atom. The van der Waals surface area contributed by atoms with E-state index in [-0.39, 0.29) is 6.04 Å². The highest BCUT2D eigenvalue weighted by Gasteiger charge is 2.23. The Labute approximate surface area is 101 Å². The molecule has 0 aliphatic carbocycles. The summed E-state index contributed by atoms with van der Waals surface area (Å²) in [5.41, 5.74) is 2.21. The molecule has 16 heavy (non-hydrogen) atoms. The fraction of sp³-hybridized carbons (Fsp3) is 0.462. The van der Waals surface area contributed by atoms with Crippen molar-refractivity contribution < 1.29 is 4.79 Å². The van der Waals surface area contributed by atoms with E-state index in [4.69, 9.17) is 11.6 Å². The third-order valence-electron chi connectivity index (χ3n) is 3.17. The van der Waals surface area contributed by atoms with Gasteiger partial charge in [0.1, 0.15) is 5.78 Å². The number of Topliss-reactive ketones (excluding diaryl/α,β-unsaturated/α-hetero) is 1. The maximum absolute atomic E-state index is 11.3. The van der Waals surface area contributed by atoms with Crippen molar-refractivity contribution in [1.29, 1.82) is 0 Å². The minimum absolute atomic E-state index is 0.278. The predicted octanol–water partition coefficient (Wildman–Crippen LogP) is 3.21. The van der Waals surface area contributed by atoms with Gasteiger partial charge in [0.25, 0.3) is 0 Å². The Morgan fingerprint density at radius 2 is 2.19 bits per heavy atom. The first-order valence-corrected chi connectivity index (χ1v) is 6.00. The average Bonchev–Trinajstić information content (AvgIpc) is 2.22. The number of nitrogens with zero attached hydrogens (tertiary/aromatic N) is 1. The highest BCUT2D eigenvalue weighted by Crippen LogP contribution is 2.27. The molecule has 1 aliphatic rings. The number of halogens is 1. The molecule has 0 aromatic heterocycles. The molecular weight excluding hydrogens is 222 g/mol. The predicted molar refractivity (Wildman–Crippen MR) is 67.2 cm³/mol. The van der Waals surface area contributed by atoms with Crippen LogP contribution in [0.4, 0.5) is 5.69 Å². The summed E-state index contributed by atoms with van der Waals surface area (Å²) >= 11 is 6.12. The van der Waals surface area contributed by atoms with Gasteiger partial charge in [0.15, 0.2) is 0 Å². The van der Waals surface area contributed by atoms with Crippen molar-refractivity contribution in [3.05, 3.63) is 28.8 Å². The number of benzene rings is 1. The van der Waals surface area contributed by atoms with Gasteiger partial charge >= 0.3 is 0 Å². The van der Waals surface area contributed by atoms with E-state index in [2.05, 4.69) is 17.9 Å². The topological polar surface area (TPSA) is 20.3 Å². The lowest BCUT2D eigenvalue weighted by molar-refractivity contribution is -0.120. The number of hydrogen-bond donors (Lipinski definition) is 0. The van der Waals surface area contributed by atoms with Gasteiger partial charge in [-0.2, -0.15) is 0 Å². The second kappa shape index (κ2) is 4.46. The third-order valence-corrected chi connectivity index (χ3v) is 3.58. The van der Waals surface area contributed by atoms with Gasteiger partial charge < -0.3 is 4.90 Å². The molecule has 2 rings (SSSR count). The van der Waals surface area contributed by atoms with Gasteiger partial charge in [-0.25, -0.2) is 0 Å². The Morgan fingerprint density at radius 3 is 2.81 bits per heavy atom. The molecule has 1 heterocycles. The van der Waals surface area contributed by atoms with Crippen LogP contribution in [0.2, 0.25) is 5.02 Å². The van der Waals surface area contributed by atoms with E-state index in [1.807, 2.05) is 19.1 Å². The van der Waals surface area contributed by atoms with Crippen LogP contribution >= 0.6 is 11.6 Å². The quantitative estimate of drug-likeness (QED) is 0.748. The van der Waals surface area contributed by atoms with Crippen LogP contribution in [0.15, 0.2) is 18.2 Å². The van der Waals surface area contributed by atoms with E-state index < -0.39 is 0 Å². The highest BCUT2D eigenvalue weighted by molar-refractivity contribution is 6.31. The number of piperidine rings is 1. The minimum atomic E-state index is 0.278. The molecule has 0 radical (unpaired) electrons. The van der Waals surface area contributed by atoms with Crippen LogP contribution in [-0.2, 0) is 4.79 Å². The Balaban J connectivity index is 2.23. The minimum Gasteiger partial charge on any atom is -0.368 e. The zero-order valence-electron chi connectivity index (χ0n) is 9.66. The SMILES string of the molecule is Cc1ccc(N2CCC(=O)CC2C)cc1Cl. The van der Waals surface area contributed by atoms with Gasteiger partial charge in [0, 0.05) is 36.1 Å². The van der Waals surface area contributed by atoms with Crippen molar-refractivity contribution >= 4 is 23.1 Å².